The molecule has 1 aromatic heterocycles. The highest BCUT2D eigenvalue weighted by Crippen LogP contribution is 2.25. The van der Waals surface area contributed by atoms with Gasteiger partial charge in [-0.05, 0) is 31.1 Å². The number of likely N-dealkylation sites (tertiary alicyclic amines) is 1. The first-order chi connectivity index (χ1) is 10.6. The number of nitrogens with zero attached hydrogens (tertiary/aromatic N) is 2. The van der Waals surface area contributed by atoms with E-state index in [2.05, 4.69) is 15.6 Å². The molecule has 114 valence electrons. The van der Waals surface area contributed by atoms with Crippen LogP contribution in [0.3, 0.4) is 0 Å². The number of piperidine rings is 1. The van der Waals surface area contributed by atoms with Crippen molar-refractivity contribution in [1.82, 2.24) is 20.5 Å². The third-order valence-corrected chi connectivity index (χ3v) is 4.03. The van der Waals surface area contributed by atoms with Crippen LogP contribution < -0.4 is 10.6 Å². The Labute approximate surface area is 127 Å². The lowest BCUT2D eigenvalue weighted by Crippen LogP contribution is -2.55. The lowest BCUT2D eigenvalue weighted by atomic mass is 9.87. The highest BCUT2D eigenvalue weighted by molar-refractivity contribution is 6.07. The number of nitrogens with one attached hydrogen (secondary N) is 2. The second-order valence-corrected chi connectivity index (χ2v) is 5.40. The predicted molar refractivity (Wildman–Crippen MR) is 78.5 cm³/mol. The number of aromatic nitrogens is 1. The number of carbonyl (C=O) groups is 3. The monoisotopic (exact) mass is 300 g/mol. The first-order valence-electron chi connectivity index (χ1n) is 7.11. The average Bonchev–Trinajstić information content (AvgIpc) is 2.80. The summed E-state index contributed by atoms with van der Waals surface area (Å²) in [6, 6.07) is 5.01. The summed E-state index contributed by atoms with van der Waals surface area (Å²) in [6.45, 7) is 0.859. The molecule has 1 aromatic rings. The SMILES string of the molecule is O=C1NC(=O)C2(CCN(C(=O)C=Cc3ccccn3)CC2)N1. The molecule has 0 unspecified atom stereocenters. The maximum absolute atomic E-state index is 12.1. The Morgan fingerprint density at radius 1 is 1.27 bits per heavy atom. The number of hydrogen-bond donors (Lipinski definition) is 2. The van der Waals surface area contributed by atoms with Gasteiger partial charge in [0.25, 0.3) is 5.91 Å². The van der Waals surface area contributed by atoms with Crippen molar-refractivity contribution in [2.45, 2.75) is 18.4 Å². The van der Waals surface area contributed by atoms with E-state index in [1.54, 1.807) is 17.2 Å². The van der Waals surface area contributed by atoms with Crippen LogP contribution in [0.4, 0.5) is 4.79 Å². The van der Waals surface area contributed by atoms with Gasteiger partial charge in [0.15, 0.2) is 0 Å². The van der Waals surface area contributed by atoms with Crippen molar-refractivity contribution < 1.29 is 14.4 Å². The van der Waals surface area contributed by atoms with E-state index in [9.17, 15) is 14.4 Å². The molecule has 0 saturated carbocycles. The van der Waals surface area contributed by atoms with Gasteiger partial charge in [0.2, 0.25) is 5.91 Å². The lowest BCUT2D eigenvalue weighted by molar-refractivity contribution is -0.132. The Balaban J connectivity index is 1.60. The molecular weight excluding hydrogens is 284 g/mol. The zero-order chi connectivity index (χ0) is 15.6. The summed E-state index contributed by atoms with van der Waals surface area (Å²) in [5.74, 6) is -0.418. The van der Waals surface area contributed by atoms with Crippen LogP contribution in [0, 0.1) is 0 Å². The van der Waals surface area contributed by atoms with Gasteiger partial charge in [-0.25, -0.2) is 4.79 Å². The summed E-state index contributed by atoms with van der Waals surface area (Å²) in [6.07, 6.45) is 5.65. The Morgan fingerprint density at radius 2 is 2.05 bits per heavy atom. The third-order valence-electron chi connectivity index (χ3n) is 4.03. The average molecular weight is 300 g/mol. The molecule has 7 nitrogen and oxygen atoms in total. The van der Waals surface area contributed by atoms with Crippen LogP contribution in [0.1, 0.15) is 18.5 Å². The maximum Gasteiger partial charge on any atom is 0.322 e. The van der Waals surface area contributed by atoms with E-state index in [-0.39, 0.29) is 11.8 Å². The van der Waals surface area contributed by atoms with Crippen molar-refractivity contribution in [3.63, 3.8) is 0 Å². The first-order valence-corrected chi connectivity index (χ1v) is 7.11. The Kier molecular flexibility index (Phi) is 3.62. The molecule has 0 aromatic carbocycles. The van der Waals surface area contributed by atoms with Crippen molar-refractivity contribution >= 4 is 23.9 Å². The van der Waals surface area contributed by atoms with Crippen LogP contribution in [0.25, 0.3) is 6.08 Å². The zero-order valence-corrected chi connectivity index (χ0v) is 11.9. The molecule has 2 fully saturated rings. The zero-order valence-electron chi connectivity index (χ0n) is 11.9. The van der Waals surface area contributed by atoms with Gasteiger partial charge in [-0.3, -0.25) is 19.9 Å². The number of amides is 4. The summed E-state index contributed by atoms with van der Waals surface area (Å²) >= 11 is 0. The van der Waals surface area contributed by atoms with E-state index >= 15 is 0 Å². The van der Waals surface area contributed by atoms with Gasteiger partial charge < -0.3 is 10.2 Å². The first kappa shape index (κ1) is 14.2. The smallest absolute Gasteiger partial charge is 0.322 e. The number of imide groups is 1. The quantitative estimate of drug-likeness (QED) is 0.607. The molecule has 22 heavy (non-hydrogen) atoms. The standard InChI is InChI=1S/C15H16N4O3/c20-12(5-4-11-3-1-2-8-16-11)19-9-6-15(7-10-19)13(21)17-14(22)18-15/h1-5,8H,6-7,9-10H2,(H2,17,18,21,22). The fourth-order valence-corrected chi connectivity index (χ4v) is 2.73. The fraction of sp³-hybridized carbons (Fsp3) is 0.333. The molecule has 0 aliphatic carbocycles. The van der Waals surface area contributed by atoms with Crippen LogP contribution in [-0.2, 0) is 9.59 Å². The normalized spacial score (nSPS) is 20.3. The summed E-state index contributed by atoms with van der Waals surface area (Å²) in [7, 11) is 0. The number of hydrogen-bond acceptors (Lipinski definition) is 4. The van der Waals surface area contributed by atoms with Crippen molar-refractivity contribution in [2.24, 2.45) is 0 Å². The van der Waals surface area contributed by atoms with Crippen LogP contribution in [0.15, 0.2) is 30.5 Å². The molecule has 1 spiro atoms. The lowest BCUT2D eigenvalue weighted by Gasteiger charge is -2.36. The van der Waals surface area contributed by atoms with Crippen molar-refractivity contribution in [3.05, 3.63) is 36.2 Å². The van der Waals surface area contributed by atoms with Crippen molar-refractivity contribution in [1.29, 1.82) is 0 Å². The Morgan fingerprint density at radius 3 is 2.64 bits per heavy atom. The molecule has 2 aliphatic heterocycles. The van der Waals surface area contributed by atoms with Crippen LogP contribution in [0.2, 0.25) is 0 Å². The summed E-state index contributed by atoms with van der Waals surface area (Å²) in [5, 5.41) is 4.92. The molecule has 2 N–H and O–H groups in total. The van der Waals surface area contributed by atoms with Gasteiger partial charge >= 0.3 is 6.03 Å². The van der Waals surface area contributed by atoms with Crippen LogP contribution >= 0.6 is 0 Å². The van der Waals surface area contributed by atoms with E-state index in [1.165, 1.54) is 6.08 Å². The molecular formula is C15H16N4O3. The van der Waals surface area contributed by atoms with Gasteiger partial charge in [-0.2, -0.15) is 0 Å². The van der Waals surface area contributed by atoms with Gasteiger partial charge in [-0.15, -0.1) is 0 Å². The highest BCUT2D eigenvalue weighted by atomic mass is 16.2. The number of urea groups is 1. The van der Waals surface area contributed by atoms with Crippen molar-refractivity contribution in [3.8, 4) is 0 Å². The molecule has 0 radical (unpaired) electrons. The Bertz CT molecular complexity index is 633. The second kappa shape index (κ2) is 5.59. The predicted octanol–water partition coefficient (Wildman–Crippen LogP) is 0.295. The minimum atomic E-state index is -0.849. The van der Waals surface area contributed by atoms with Crippen molar-refractivity contribution in [2.75, 3.05) is 13.1 Å². The van der Waals surface area contributed by atoms with E-state index in [0.717, 1.165) is 0 Å². The fourth-order valence-electron chi connectivity index (χ4n) is 2.73. The van der Waals surface area contributed by atoms with E-state index < -0.39 is 11.6 Å². The number of rotatable bonds is 2. The van der Waals surface area contributed by atoms with Crippen LogP contribution in [0.5, 0.6) is 0 Å². The molecule has 2 aliphatic rings. The van der Waals surface area contributed by atoms with E-state index in [4.69, 9.17) is 0 Å². The van der Waals surface area contributed by atoms with Gasteiger partial charge in [0.05, 0.1) is 5.69 Å². The van der Waals surface area contributed by atoms with E-state index in [1.807, 2.05) is 18.2 Å². The molecule has 0 bridgehead atoms. The molecule has 3 heterocycles. The van der Waals surface area contributed by atoms with E-state index in [0.29, 0.717) is 31.6 Å². The molecule has 2 saturated heterocycles. The highest BCUT2D eigenvalue weighted by Gasteiger charge is 2.48. The molecule has 0 atom stereocenters. The molecule has 7 heteroatoms. The molecule has 4 amide bonds. The van der Waals surface area contributed by atoms with Crippen LogP contribution in [-0.4, -0.2) is 46.4 Å². The third kappa shape index (κ3) is 2.69. The second-order valence-electron chi connectivity index (χ2n) is 5.40. The van der Waals surface area contributed by atoms with Gasteiger partial charge in [-0.1, -0.05) is 6.07 Å². The van der Waals surface area contributed by atoms with Gasteiger partial charge in [0.1, 0.15) is 5.54 Å². The molecule has 3 rings (SSSR count). The number of carbonyl (C=O) groups excluding carboxylic acids is 3. The summed E-state index contributed by atoms with van der Waals surface area (Å²) in [5.41, 5.74) is -0.134. The largest absolute Gasteiger partial charge is 0.339 e. The summed E-state index contributed by atoms with van der Waals surface area (Å²) in [4.78, 5) is 41.0. The maximum atomic E-state index is 12.1. The summed E-state index contributed by atoms with van der Waals surface area (Å²) < 4.78 is 0. The minimum Gasteiger partial charge on any atom is -0.339 e. The Hall–Kier alpha value is -2.70. The minimum absolute atomic E-state index is 0.120. The topological polar surface area (TPSA) is 91.4 Å². The van der Waals surface area contributed by atoms with Gasteiger partial charge in [0, 0.05) is 25.4 Å². The number of pyridine rings is 1.